The molecule has 0 heterocycles. The van der Waals surface area contributed by atoms with Gasteiger partial charge in [-0.15, -0.1) is 0 Å². The van der Waals surface area contributed by atoms with Crippen molar-refractivity contribution in [2.45, 2.75) is 160 Å². The lowest BCUT2D eigenvalue weighted by molar-refractivity contribution is -0.137. The number of hydrogen-bond donors (Lipinski definition) is 14. The van der Waals surface area contributed by atoms with Crippen LogP contribution >= 0.6 is 11.8 Å². The van der Waals surface area contributed by atoms with Crippen molar-refractivity contribution in [1.29, 1.82) is 0 Å². The molecule has 18 N–H and O–H groups in total. The van der Waals surface area contributed by atoms with Crippen LogP contribution in [0.4, 0.5) is 0 Å². The highest BCUT2D eigenvalue weighted by atomic mass is 32.2. The van der Waals surface area contributed by atoms with Gasteiger partial charge in [0.15, 0.2) is 0 Å². The fraction of sp³-hybridized carbons (Fsp3) is 0.653. The van der Waals surface area contributed by atoms with Crippen LogP contribution in [-0.2, 0) is 59.2 Å². The zero-order chi connectivity index (χ0) is 56.8. The molecule has 1 aromatic carbocycles. The van der Waals surface area contributed by atoms with Gasteiger partial charge in [0.05, 0.1) is 13.0 Å². The van der Waals surface area contributed by atoms with Crippen LogP contribution in [0.25, 0.3) is 0 Å². The molecule has 26 heteroatoms. The second kappa shape index (κ2) is 35.8. The van der Waals surface area contributed by atoms with E-state index in [2.05, 4.69) is 47.9 Å². The van der Waals surface area contributed by atoms with Crippen molar-refractivity contribution in [3.63, 3.8) is 0 Å². The first kappa shape index (κ1) is 66.6. The molecular weight excluding hydrogens is 995 g/mol. The number of carbonyl (C=O) groups excluding carboxylic acids is 11. The molecule has 75 heavy (non-hydrogen) atoms. The second-order valence-corrected chi connectivity index (χ2v) is 19.7. The topological polar surface area (TPSA) is 420 Å². The van der Waals surface area contributed by atoms with E-state index in [4.69, 9.17) is 22.9 Å². The number of amides is 11. The van der Waals surface area contributed by atoms with Gasteiger partial charge in [-0.1, -0.05) is 64.4 Å². The van der Waals surface area contributed by atoms with E-state index >= 15 is 0 Å². The molecule has 0 unspecified atom stereocenters. The molecule has 0 fully saturated rings. The average molecular weight is 1080 g/mol. The summed E-state index contributed by atoms with van der Waals surface area (Å²) in [5.74, 6) is -9.54. The van der Waals surface area contributed by atoms with Crippen molar-refractivity contribution in [2.75, 3.05) is 31.7 Å². The van der Waals surface area contributed by atoms with Crippen LogP contribution in [0.15, 0.2) is 30.3 Å². The molecule has 0 radical (unpaired) electrons. The Labute approximate surface area is 443 Å². The molecule has 0 saturated carbocycles. The van der Waals surface area contributed by atoms with E-state index in [9.17, 15) is 57.8 Å². The van der Waals surface area contributed by atoms with Crippen LogP contribution in [0.1, 0.15) is 105 Å². The molecule has 0 spiro atoms. The molecular formula is C49H83N13O12S. The lowest BCUT2D eigenvalue weighted by atomic mass is 9.98. The fourth-order valence-corrected chi connectivity index (χ4v) is 7.91. The third-order valence-electron chi connectivity index (χ3n) is 12.1. The molecule has 10 atom stereocenters. The molecule has 422 valence electrons. The highest BCUT2D eigenvalue weighted by molar-refractivity contribution is 7.98. The van der Waals surface area contributed by atoms with Gasteiger partial charge in [0, 0.05) is 13.3 Å². The van der Waals surface area contributed by atoms with E-state index in [1.807, 2.05) is 6.92 Å². The van der Waals surface area contributed by atoms with Crippen LogP contribution < -0.4 is 70.8 Å². The minimum Gasteiger partial charge on any atom is -0.394 e. The maximum absolute atomic E-state index is 14.3. The summed E-state index contributed by atoms with van der Waals surface area (Å²) in [6.45, 7) is 9.00. The highest BCUT2D eigenvalue weighted by Crippen LogP contribution is 2.12. The molecule has 0 aliphatic rings. The number of aliphatic hydroxyl groups is 1. The van der Waals surface area contributed by atoms with Crippen molar-refractivity contribution < 1.29 is 57.8 Å². The van der Waals surface area contributed by atoms with E-state index in [0.29, 0.717) is 50.0 Å². The van der Waals surface area contributed by atoms with Crippen molar-refractivity contribution in [1.82, 2.24) is 47.9 Å². The Morgan fingerprint density at radius 3 is 1.52 bits per heavy atom. The Hall–Kier alpha value is -6.38. The molecule has 0 saturated heterocycles. The predicted molar refractivity (Wildman–Crippen MR) is 282 cm³/mol. The summed E-state index contributed by atoms with van der Waals surface area (Å²) < 4.78 is 0. The number of unbranched alkanes of at least 4 members (excludes halogenated alkanes) is 2. The van der Waals surface area contributed by atoms with Crippen molar-refractivity contribution in [3.05, 3.63) is 35.9 Å². The maximum atomic E-state index is 14.3. The van der Waals surface area contributed by atoms with Gasteiger partial charge in [-0.25, -0.2) is 0 Å². The van der Waals surface area contributed by atoms with Crippen LogP contribution in [0.5, 0.6) is 0 Å². The third kappa shape index (κ3) is 25.1. The first-order valence-electron chi connectivity index (χ1n) is 25.3. The fourth-order valence-electron chi connectivity index (χ4n) is 7.43. The largest absolute Gasteiger partial charge is 0.394 e. The number of thioether (sulfide) groups is 1. The third-order valence-corrected chi connectivity index (χ3v) is 12.7. The number of primary amides is 2. The molecule has 11 amide bonds. The summed E-state index contributed by atoms with van der Waals surface area (Å²) in [6, 6.07) is -3.21. The summed E-state index contributed by atoms with van der Waals surface area (Å²) in [7, 11) is 0. The van der Waals surface area contributed by atoms with Crippen LogP contribution in [0.2, 0.25) is 0 Å². The number of benzene rings is 1. The molecule has 1 rings (SSSR count). The standard InChI is InChI=1S/C49H83N13O12S/c1-8-28(4)40(55-30(6)64)49(74)54-29(5)42(67)57-34(20-23-75-7)44(69)59-35(24-31-16-10-9-11-17-31)45(70)58-33(19-13-15-22-51)43(68)61-37(26-63)47(72)62-39(27(2)3)48(73)60-36(25-38(52)65)46(71)56-32(41(53)66)18-12-14-21-50/h9-11,16-17,27-29,32-37,39-40,63H,8,12-15,18-26,50-51H2,1-7H3,(H2,52,65)(H2,53,66)(H,54,74)(H,55,64)(H,56,71)(H,57,67)(H,58,70)(H,59,69)(H,60,73)(H,61,68)(H,62,72)/t28-,29-,32-,33-,34-,35-,36-,37-,39-,40-/m0/s1. The Balaban J connectivity index is 3.42. The van der Waals surface area contributed by atoms with E-state index in [0.717, 1.165) is 0 Å². The van der Waals surface area contributed by atoms with Gasteiger partial charge >= 0.3 is 0 Å². The Kier molecular flexibility index (Phi) is 31.8. The normalized spacial score (nSPS) is 15.1. The second-order valence-electron chi connectivity index (χ2n) is 18.7. The smallest absolute Gasteiger partial charge is 0.245 e. The van der Waals surface area contributed by atoms with E-state index in [1.54, 1.807) is 57.4 Å². The van der Waals surface area contributed by atoms with Crippen LogP contribution in [0.3, 0.4) is 0 Å². The Bertz CT molecular complexity index is 2050. The summed E-state index contributed by atoms with van der Waals surface area (Å²) in [5, 5.41) is 33.3. The maximum Gasteiger partial charge on any atom is 0.245 e. The SMILES string of the molecule is CC[C@H](C)[C@H](NC(C)=O)C(=O)N[C@@H](C)C(=O)N[C@@H](CCSC)C(=O)N[C@@H](Cc1ccccc1)C(=O)N[C@@H](CCCCN)C(=O)N[C@@H](CO)C(=O)N[C@H](C(=O)N[C@@H](CC(N)=O)C(=O)N[C@@H](CCCCN)C(N)=O)C(C)C. The lowest BCUT2D eigenvalue weighted by Gasteiger charge is -2.28. The summed E-state index contributed by atoms with van der Waals surface area (Å²) in [5.41, 5.74) is 22.7. The van der Waals surface area contributed by atoms with Gasteiger partial charge in [-0.3, -0.25) is 52.7 Å². The summed E-state index contributed by atoms with van der Waals surface area (Å²) in [6.07, 6.45) is 3.52. The van der Waals surface area contributed by atoms with E-state index in [-0.39, 0.29) is 38.1 Å². The summed E-state index contributed by atoms with van der Waals surface area (Å²) in [4.78, 5) is 146. The van der Waals surface area contributed by atoms with Gasteiger partial charge in [0.25, 0.3) is 0 Å². The minimum absolute atomic E-state index is 0.0135. The first-order valence-corrected chi connectivity index (χ1v) is 26.7. The number of nitrogens with one attached hydrogen (secondary N) is 9. The summed E-state index contributed by atoms with van der Waals surface area (Å²) >= 11 is 1.40. The van der Waals surface area contributed by atoms with Gasteiger partial charge in [-0.05, 0) is 94.4 Å². The number of hydrogen-bond acceptors (Lipinski definition) is 15. The van der Waals surface area contributed by atoms with Crippen molar-refractivity contribution in [2.24, 2.45) is 34.8 Å². The van der Waals surface area contributed by atoms with Crippen molar-refractivity contribution in [3.8, 4) is 0 Å². The number of aliphatic hydroxyl groups excluding tert-OH is 1. The Morgan fingerprint density at radius 1 is 0.547 bits per heavy atom. The van der Waals surface area contributed by atoms with Crippen LogP contribution in [-0.4, -0.2) is 156 Å². The number of carbonyl (C=O) groups is 11. The molecule has 0 bridgehead atoms. The molecule has 0 aliphatic carbocycles. The lowest BCUT2D eigenvalue weighted by Crippen LogP contribution is -2.62. The van der Waals surface area contributed by atoms with Crippen LogP contribution in [0, 0.1) is 11.8 Å². The first-order chi connectivity index (χ1) is 35.4. The van der Waals surface area contributed by atoms with E-state index < -0.39 is 138 Å². The number of rotatable bonds is 37. The Morgan fingerprint density at radius 2 is 1.01 bits per heavy atom. The van der Waals surface area contributed by atoms with E-state index in [1.165, 1.54) is 25.6 Å². The molecule has 25 nitrogen and oxygen atoms in total. The van der Waals surface area contributed by atoms with Gasteiger partial charge in [0.2, 0.25) is 65.0 Å². The zero-order valence-electron chi connectivity index (χ0n) is 44.3. The van der Waals surface area contributed by atoms with Gasteiger partial charge in [-0.2, -0.15) is 11.8 Å². The molecule has 1 aromatic rings. The average Bonchev–Trinajstić information content (AvgIpc) is 3.35. The quantitative estimate of drug-likeness (QED) is 0.0290. The monoisotopic (exact) mass is 1080 g/mol. The molecule has 0 aliphatic heterocycles. The van der Waals surface area contributed by atoms with Crippen molar-refractivity contribution >= 4 is 76.7 Å². The van der Waals surface area contributed by atoms with Gasteiger partial charge in [0.1, 0.15) is 54.4 Å². The van der Waals surface area contributed by atoms with Gasteiger partial charge < -0.3 is 75.9 Å². The predicted octanol–water partition coefficient (Wildman–Crippen LogP) is -3.30. The molecule has 0 aromatic heterocycles. The minimum atomic E-state index is -1.70. The zero-order valence-corrected chi connectivity index (χ0v) is 45.1. The highest BCUT2D eigenvalue weighted by Gasteiger charge is 2.36. The number of nitrogens with two attached hydrogens (primary N) is 4.